The monoisotopic (exact) mass is 380 g/mol. The molecule has 2 aliphatic rings. The second kappa shape index (κ2) is 8.39. The summed E-state index contributed by atoms with van der Waals surface area (Å²) in [7, 11) is 0. The van der Waals surface area contributed by atoms with Crippen molar-refractivity contribution in [1.29, 1.82) is 0 Å². The van der Waals surface area contributed by atoms with E-state index in [0.717, 1.165) is 16.9 Å². The number of rotatable bonds is 4. The van der Waals surface area contributed by atoms with Gasteiger partial charge in [-0.15, -0.1) is 0 Å². The molecule has 2 amide bonds. The second-order valence-corrected chi connectivity index (χ2v) is 7.11. The number of carbonyl (C=O) groups is 2. The molecule has 0 spiro atoms. The van der Waals surface area contributed by atoms with Crippen LogP contribution in [0.4, 0.5) is 0 Å². The first-order chi connectivity index (χ1) is 13.7. The molecule has 7 nitrogen and oxygen atoms in total. The quantitative estimate of drug-likeness (QED) is 0.863. The Hall–Kier alpha value is -2.93. The minimum Gasteiger partial charge on any atom is -0.491 e. The highest BCUT2D eigenvalue weighted by atomic mass is 16.5. The van der Waals surface area contributed by atoms with Crippen LogP contribution in [0.3, 0.4) is 0 Å². The van der Waals surface area contributed by atoms with E-state index in [0.29, 0.717) is 39.3 Å². The first-order valence-electron chi connectivity index (χ1n) is 9.60. The van der Waals surface area contributed by atoms with E-state index < -0.39 is 6.04 Å². The number of hydrogen-bond donors (Lipinski definition) is 1. The average molecular weight is 380 g/mol. The maximum Gasteiger partial charge on any atom is 0.237 e. The van der Waals surface area contributed by atoms with Crippen molar-refractivity contribution in [3.8, 4) is 5.75 Å². The summed E-state index contributed by atoms with van der Waals surface area (Å²) in [6.45, 7) is 3.39. The molecule has 3 heterocycles. The van der Waals surface area contributed by atoms with Crippen molar-refractivity contribution in [3.05, 3.63) is 59.9 Å². The molecule has 1 aromatic carbocycles. The lowest BCUT2D eigenvalue weighted by molar-refractivity contribution is -0.139. The Morgan fingerprint density at radius 3 is 2.96 bits per heavy atom. The Bertz CT molecular complexity index is 843. The number of piperazine rings is 1. The fourth-order valence-corrected chi connectivity index (χ4v) is 3.73. The van der Waals surface area contributed by atoms with Crippen molar-refractivity contribution in [3.63, 3.8) is 0 Å². The molecule has 2 aliphatic heterocycles. The number of ether oxygens (including phenoxy) is 1. The zero-order chi connectivity index (χ0) is 19.3. The molecule has 0 bridgehead atoms. The number of nitrogens with zero attached hydrogens (tertiary/aromatic N) is 3. The van der Waals surface area contributed by atoms with E-state index in [1.165, 1.54) is 0 Å². The van der Waals surface area contributed by atoms with Gasteiger partial charge in [0, 0.05) is 44.1 Å². The van der Waals surface area contributed by atoms with Gasteiger partial charge in [-0.3, -0.25) is 19.5 Å². The van der Waals surface area contributed by atoms with E-state index in [1.807, 2.05) is 36.4 Å². The Balaban J connectivity index is 1.46. The topological polar surface area (TPSA) is 74.8 Å². The Morgan fingerprint density at radius 2 is 2.11 bits per heavy atom. The molecule has 1 atom stereocenters. The van der Waals surface area contributed by atoms with Crippen LogP contribution in [0.5, 0.6) is 5.75 Å². The van der Waals surface area contributed by atoms with Crippen LogP contribution in [-0.4, -0.2) is 58.9 Å². The van der Waals surface area contributed by atoms with Crippen LogP contribution >= 0.6 is 0 Å². The first kappa shape index (κ1) is 18.4. The van der Waals surface area contributed by atoms with Crippen molar-refractivity contribution in [2.24, 2.45) is 0 Å². The average Bonchev–Trinajstić information content (AvgIpc) is 2.94. The summed E-state index contributed by atoms with van der Waals surface area (Å²) in [5.41, 5.74) is 2.03. The fraction of sp³-hybridized carbons (Fsp3) is 0.381. The first-order valence-corrected chi connectivity index (χ1v) is 9.60. The molecule has 1 unspecified atom stereocenters. The minimum absolute atomic E-state index is 0.0291. The van der Waals surface area contributed by atoms with Gasteiger partial charge in [0.1, 0.15) is 12.4 Å². The van der Waals surface area contributed by atoms with Gasteiger partial charge >= 0.3 is 0 Å². The molecule has 2 aromatic rings. The molecule has 1 saturated heterocycles. The molecule has 0 radical (unpaired) electrons. The van der Waals surface area contributed by atoms with Gasteiger partial charge in [-0.05, 0) is 17.7 Å². The molecule has 7 heteroatoms. The van der Waals surface area contributed by atoms with E-state index in [1.54, 1.807) is 17.3 Å². The summed E-state index contributed by atoms with van der Waals surface area (Å²) in [4.78, 5) is 33.5. The predicted molar refractivity (Wildman–Crippen MR) is 103 cm³/mol. The van der Waals surface area contributed by atoms with Crippen molar-refractivity contribution in [2.75, 3.05) is 26.2 Å². The number of pyridine rings is 1. The van der Waals surface area contributed by atoms with Gasteiger partial charge in [0.15, 0.2) is 0 Å². The van der Waals surface area contributed by atoms with Gasteiger partial charge in [0.2, 0.25) is 11.8 Å². The predicted octanol–water partition coefficient (Wildman–Crippen LogP) is 1.19. The fourth-order valence-electron chi connectivity index (χ4n) is 3.73. The van der Waals surface area contributed by atoms with Crippen molar-refractivity contribution >= 4 is 11.8 Å². The molecule has 146 valence electrons. The summed E-state index contributed by atoms with van der Waals surface area (Å²) in [6.07, 6.45) is 3.69. The Kier molecular flexibility index (Phi) is 5.53. The van der Waals surface area contributed by atoms with Crippen LogP contribution in [-0.2, 0) is 22.7 Å². The number of para-hydroxylation sites is 1. The zero-order valence-corrected chi connectivity index (χ0v) is 15.7. The van der Waals surface area contributed by atoms with Gasteiger partial charge < -0.3 is 15.0 Å². The molecular formula is C21H24N4O3. The minimum atomic E-state index is -0.471. The maximum absolute atomic E-state index is 13.0. The summed E-state index contributed by atoms with van der Waals surface area (Å²) >= 11 is 0. The van der Waals surface area contributed by atoms with E-state index >= 15 is 0 Å². The number of carbonyl (C=O) groups excluding carboxylic acids is 2. The lowest BCUT2D eigenvalue weighted by Gasteiger charge is -2.35. The van der Waals surface area contributed by atoms with Gasteiger partial charge in [-0.2, -0.15) is 0 Å². The standard InChI is InChI=1S/C21H24N4O3/c26-20(25-10-11-28-19-6-2-1-5-17(19)15-25)12-18-21(27)23-8-9-24(18)14-16-4-3-7-22-13-16/h1-7,13,18H,8-12,14-15H2,(H,23,27). The molecule has 28 heavy (non-hydrogen) atoms. The smallest absolute Gasteiger partial charge is 0.237 e. The zero-order valence-electron chi connectivity index (χ0n) is 15.7. The summed E-state index contributed by atoms with van der Waals surface area (Å²) in [5.74, 6) is 0.708. The third-order valence-electron chi connectivity index (χ3n) is 5.22. The number of nitrogens with one attached hydrogen (secondary N) is 1. The SMILES string of the molecule is O=C1NCCN(Cc2cccnc2)C1CC(=O)N1CCOc2ccccc2C1. The van der Waals surface area contributed by atoms with Crippen molar-refractivity contribution in [1.82, 2.24) is 20.1 Å². The molecule has 0 aliphatic carbocycles. The highest BCUT2D eigenvalue weighted by Crippen LogP contribution is 2.23. The molecule has 1 fully saturated rings. The third-order valence-corrected chi connectivity index (χ3v) is 5.22. The number of amides is 2. The Morgan fingerprint density at radius 1 is 1.21 bits per heavy atom. The second-order valence-electron chi connectivity index (χ2n) is 7.11. The van der Waals surface area contributed by atoms with Crippen molar-refractivity contribution < 1.29 is 14.3 Å². The maximum atomic E-state index is 13.0. The molecule has 0 saturated carbocycles. The number of hydrogen-bond acceptors (Lipinski definition) is 5. The van der Waals surface area contributed by atoms with Crippen LogP contribution < -0.4 is 10.1 Å². The largest absolute Gasteiger partial charge is 0.491 e. The van der Waals surface area contributed by atoms with E-state index in [-0.39, 0.29) is 18.2 Å². The number of aromatic nitrogens is 1. The van der Waals surface area contributed by atoms with E-state index in [2.05, 4.69) is 15.2 Å². The van der Waals surface area contributed by atoms with E-state index in [4.69, 9.17) is 4.74 Å². The van der Waals surface area contributed by atoms with E-state index in [9.17, 15) is 9.59 Å². The normalized spacial score (nSPS) is 19.9. The number of fused-ring (bicyclic) bond motifs is 1. The van der Waals surface area contributed by atoms with Crippen LogP contribution in [0, 0.1) is 0 Å². The van der Waals surface area contributed by atoms with Gasteiger partial charge in [0.25, 0.3) is 0 Å². The van der Waals surface area contributed by atoms with Crippen LogP contribution in [0.15, 0.2) is 48.8 Å². The van der Waals surface area contributed by atoms with Gasteiger partial charge in [-0.1, -0.05) is 24.3 Å². The van der Waals surface area contributed by atoms with Crippen molar-refractivity contribution in [2.45, 2.75) is 25.6 Å². The van der Waals surface area contributed by atoms with Gasteiger partial charge in [0.05, 0.1) is 19.0 Å². The summed E-state index contributed by atoms with van der Waals surface area (Å²) in [5, 5.41) is 2.89. The summed E-state index contributed by atoms with van der Waals surface area (Å²) < 4.78 is 5.75. The Labute approximate surface area is 164 Å². The lowest BCUT2D eigenvalue weighted by Crippen LogP contribution is -2.56. The molecular weight excluding hydrogens is 356 g/mol. The summed E-state index contributed by atoms with van der Waals surface area (Å²) in [6, 6.07) is 11.2. The van der Waals surface area contributed by atoms with Crippen LogP contribution in [0.1, 0.15) is 17.5 Å². The van der Waals surface area contributed by atoms with Crippen LogP contribution in [0.2, 0.25) is 0 Å². The number of benzene rings is 1. The molecule has 4 rings (SSSR count). The van der Waals surface area contributed by atoms with Gasteiger partial charge in [-0.25, -0.2) is 0 Å². The third kappa shape index (κ3) is 4.14. The lowest BCUT2D eigenvalue weighted by atomic mass is 10.1. The highest BCUT2D eigenvalue weighted by molar-refractivity contribution is 5.89. The molecule has 1 N–H and O–H groups in total. The van der Waals surface area contributed by atoms with Crippen LogP contribution in [0.25, 0.3) is 0 Å². The molecule has 1 aromatic heterocycles. The highest BCUT2D eigenvalue weighted by Gasteiger charge is 2.33.